The molecule has 0 radical (unpaired) electrons. The van der Waals surface area contributed by atoms with Crippen LogP contribution < -0.4 is 0 Å². The smallest absolute Gasteiger partial charge is 0.414 e. The summed E-state index contributed by atoms with van der Waals surface area (Å²) in [4.78, 5) is 18.2. The second-order valence-corrected chi connectivity index (χ2v) is 2.73. The average molecular weight is 150 g/mol. The first kappa shape index (κ1) is 11.0. The van der Waals surface area contributed by atoms with Crippen LogP contribution in [0.25, 0.3) is 0 Å². The summed E-state index contributed by atoms with van der Waals surface area (Å²) in [5.41, 5.74) is 0. The maximum Gasteiger partial charge on any atom is 0.414 e. The summed E-state index contributed by atoms with van der Waals surface area (Å²) in [6.45, 7) is 4.53. The van der Waals surface area contributed by atoms with Crippen LogP contribution in [0.2, 0.25) is 13.1 Å². The minimum Gasteiger partial charge on any atom is -0.473 e. The van der Waals surface area contributed by atoms with E-state index in [4.69, 9.17) is 19.8 Å². The minimum absolute atomic E-state index is 0.417. The van der Waals surface area contributed by atoms with Gasteiger partial charge < -0.3 is 10.2 Å². The molecule has 0 aromatic carbocycles. The maximum absolute atomic E-state index is 9.10. The molecule has 0 fully saturated rings. The lowest BCUT2D eigenvalue weighted by Crippen LogP contribution is -2.09. The Bertz CT molecular complexity index is 88.7. The lowest BCUT2D eigenvalue weighted by molar-refractivity contribution is -0.159. The highest BCUT2D eigenvalue weighted by Gasteiger charge is 2.04. The zero-order valence-corrected chi connectivity index (χ0v) is 6.83. The summed E-state index contributed by atoms with van der Waals surface area (Å²) < 4.78 is 0. The summed E-state index contributed by atoms with van der Waals surface area (Å²) in [5, 5.41) is 14.8. The molecule has 0 spiro atoms. The van der Waals surface area contributed by atoms with Crippen molar-refractivity contribution in [3.63, 3.8) is 0 Å². The Labute approximate surface area is 55.3 Å². The van der Waals surface area contributed by atoms with Gasteiger partial charge in [0.1, 0.15) is 0 Å². The van der Waals surface area contributed by atoms with Gasteiger partial charge in [0.15, 0.2) is 0 Å². The number of carboxylic acid groups (broad SMARTS) is 2. The van der Waals surface area contributed by atoms with Crippen LogP contribution in [0.5, 0.6) is 0 Å². The predicted octanol–water partition coefficient (Wildman–Crippen LogP) is -0.593. The number of carboxylic acids is 2. The summed E-state index contributed by atoms with van der Waals surface area (Å²) in [7, 11) is 0.417. The molecule has 0 aliphatic heterocycles. The van der Waals surface area contributed by atoms with Crippen LogP contribution in [0, 0.1) is 0 Å². The molecule has 0 aromatic heterocycles. The molecule has 4 nitrogen and oxygen atoms in total. The highest BCUT2D eigenvalue weighted by molar-refractivity contribution is 6.31. The van der Waals surface area contributed by atoms with Gasteiger partial charge in [-0.05, 0) is 0 Å². The molecule has 0 amide bonds. The van der Waals surface area contributed by atoms with Gasteiger partial charge in [0.05, 0.1) is 0 Å². The Kier molecular flexibility index (Phi) is 8.76. The zero-order chi connectivity index (χ0) is 7.86. The van der Waals surface area contributed by atoms with Gasteiger partial charge in [-0.3, -0.25) is 0 Å². The van der Waals surface area contributed by atoms with Gasteiger partial charge >= 0.3 is 11.9 Å². The van der Waals surface area contributed by atoms with Crippen molar-refractivity contribution in [2.24, 2.45) is 0 Å². The maximum atomic E-state index is 9.10. The topological polar surface area (TPSA) is 74.6 Å². The van der Waals surface area contributed by atoms with Gasteiger partial charge in [-0.2, -0.15) is 0 Å². The molecule has 0 atom stereocenters. The molecule has 5 heteroatoms. The molecule has 2 N–H and O–H groups in total. The van der Waals surface area contributed by atoms with Gasteiger partial charge in [0.25, 0.3) is 0 Å². The van der Waals surface area contributed by atoms with E-state index < -0.39 is 11.9 Å². The average Bonchev–Trinajstić information content (AvgIpc) is 1.68. The van der Waals surface area contributed by atoms with Gasteiger partial charge in [-0.25, -0.2) is 9.59 Å². The highest BCUT2D eigenvalue weighted by Crippen LogP contribution is 1.56. The van der Waals surface area contributed by atoms with Crippen LogP contribution in [-0.4, -0.2) is 31.7 Å². The van der Waals surface area contributed by atoms with Gasteiger partial charge in [-0.15, -0.1) is 0 Å². The molecule has 0 bridgehead atoms. The zero-order valence-electron chi connectivity index (χ0n) is 5.42. The van der Waals surface area contributed by atoms with E-state index in [2.05, 4.69) is 13.1 Å². The molecule has 9 heavy (non-hydrogen) atoms. The fraction of sp³-hybridized carbons (Fsp3) is 0.500. The van der Waals surface area contributed by atoms with Crippen molar-refractivity contribution in [2.45, 2.75) is 13.1 Å². The quantitative estimate of drug-likeness (QED) is 0.357. The molecule has 0 saturated carbocycles. The Morgan fingerprint density at radius 2 is 1.22 bits per heavy atom. The van der Waals surface area contributed by atoms with E-state index in [0.717, 1.165) is 0 Å². The largest absolute Gasteiger partial charge is 0.473 e. The van der Waals surface area contributed by atoms with Crippen molar-refractivity contribution >= 4 is 21.5 Å². The Balaban J connectivity index is 0. The number of rotatable bonds is 0. The van der Waals surface area contributed by atoms with E-state index in [0.29, 0.717) is 9.52 Å². The van der Waals surface area contributed by atoms with Crippen molar-refractivity contribution in [3.8, 4) is 0 Å². The van der Waals surface area contributed by atoms with E-state index in [1.54, 1.807) is 0 Å². The predicted molar refractivity (Wildman–Crippen MR) is 35.5 cm³/mol. The standard InChI is InChI=1S/C2H2O4.C2H8Si/c3-1(4)2(5)6;1-3-2/h(H,3,4)(H,5,6);3H2,1-2H3. The summed E-state index contributed by atoms with van der Waals surface area (Å²) in [6, 6.07) is 0. The summed E-state index contributed by atoms with van der Waals surface area (Å²) >= 11 is 0. The van der Waals surface area contributed by atoms with Crippen LogP contribution in [0.1, 0.15) is 0 Å². The van der Waals surface area contributed by atoms with Crippen molar-refractivity contribution in [1.29, 1.82) is 0 Å². The van der Waals surface area contributed by atoms with Crippen LogP contribution in [0.4, 0.5) is 0 Å². The van der Waals surface area contributed by atoms with E-state index in [9.17, 15) is 0 Å². The van der Waals surface area contributed by atoms with Gasteiger partial charge in [-0.1, -0.05) is 13.1 Å². The third-order valence-electron chi connectivity index (χ3n) is 0.183. The first-order valence-electron chi connectivity index (χ1n) is 2.52. The second kappa shape index (κ2) is 7.16. The Morgan fingerprint density at radius 1 is 1.11 bits per heavy atom. The number of hydrogen-bond acceptors (Lipinski definition) is 2. The van der Waals surface area contributed by atoms with E-state index in [1.807, 2.05) is 0 Å². The minimum atomic E-state index is -1.82. The Hall–Kier alpha value is -0.843. The van der Waals surface area contributed by atoms with Crippen LogP contribution in [0.15, 0.2) is 0 Å². The molecule has 0 unspecified atom stereocenters. The third kappa shape index (κ3) is 19.1. The molecule has 0 aliphatic rings. The molecule has 54 valence electrons. The SMILES string of the molecule is C[SiH2]C.O=C(O)C(=O)O. The molecular weight excluding hydrogens is 140 g/mol. The first-order valence-corrected chi connectivity index (χ1v) is 5.35. The van der Waals surface area contributed by atoms with Crippen LogP contribution in [0.3, 0.4) is 0 Å². The van der Waals surface area contributed by atoms with Gasteiger partial charge in [0.2, 0.25) is 0 Å². The molecule has 0 heterocycles. The molecule has 0 saturated heterocycles. The molecule has 0 aromatic rings. The first-order chi connectivity index (χ1) is 4.06. The van der Waals surface area contributed by atoms with E-state index >= 15 is 0 Å². The Morgan fingerprint density at radius 3 is 1.22 bits per heavy atom. The third-order valence-corrected chi connectivity index (χ3v) is 0.183. The van der Waals surface area contributed by atoms with Crippen LogP contribution in [-0.2, 0) is 9.59 Å². The summed E-state index contributed by atoms with van der Waals surface area (Å²) in [6.07, 6.45) is 0. The van der Waals surface area contributed by atoms with Crippen molar-refractivity contribution in [3.05, 3.63) is 0 Å². The van der Waals surface area contributed by atoms with E-state index in [-0.39, 0.29) is 0 Å². The van der Waals surface area contributed by atoms with E-state index in [1.165, 1.54) is 0 Å². The lowest BCUT2D eigenvalue weighted by atomic mass is 10.7. The van der Waals surface area contributed by atoms with Crippen molar-refractivity contribution in [2.75, 3.05) is 0 Å². The number of hydrogen-bond donors (Lipinski definition) is 2. The molecular formula is C4H10O4Si. The lowest BCUT2D eigenvalue weighted by Gasteiger charge is -1.72. The normalized spacial score (nSPS) is 6.89. The number of aliphatic carboxylic acids is 2. The van der Waals surface area contributed by atoms with Crippen molar-refractivity contribution < 1.29 is 19.8 Å². The number of carbonyl (C=O) groups is 2. The molecule has 0 rings (SSSR count). The second-order valence-electron chi connectivity index (χ2n) is 1.32. The fourth-order valence-electron chi connectivity index (χ4n) is 0. The highest BCUT2D eigenvalue weighted by atomic mass is 28.2. The van der Waals surface area contributed by atoms with Crippen molar-refractivity contribution in [1.82, 2.24) is 0 Å². The van der Waals surface area contributed by atoms with Gasteiger partial charge in [0, 0.05) is 9.52 Å². The summed E-state index contributed by atoms with van der Waals surface area (Å²) in [5.74, 6) is -3.65. The fourth-order valence-corrected chi connectivity index (χ4v) is 0. The molecule has 0 aliphatic carbocycles. The van der Waals surface area contributed by atoms with Crippen LogP contribution >= 0.6 is 0 Å². The monoisotopic (exact) mass is 150 g/mol.